The lowest BCUT2D eigenvalue weighted by Gasteiger charge is -2.14. The van der Waals surface area contributed by atoms with E-state index in [1.807, 2.05) is 19.9 Å². The van der Waals surface area contributed by atoms with Crippen LogP contribution in [0.3, 0.4) is 0 Å². The fourth-order valence-corrected chi connectivity index (χ4v) is 3.62. The van der Waals surface area contributed by atoms with Crippen LogP contribution in [0.15, 0.2) is 47.4 Å². The lowest BCUT2D eigenvalue weighted by molar-refractivity contribution is -0.119. The maximum absolute atomic E-state index is 12.8. The Bertz CT molecular complexity index is 916. The number of hydrogen-bond acceptors (Lipinski definition) is 4. The third-order valence-electron chi connectivity index (χ3n) is 3.80. The summed E-state index contributed by atoms with van der Waals surface area (Å²) in [5.41, 5.74) is 1.30. The standard InChI is InChI=1S/C21H24ClN3O3S/c1-13(2)23-19(26)12-29-18-8-6-5-7-16(18)20(27)24-14-9-10-15(17(22)11-14)21(28)25(3)4/h5-11,13H,12H2,1-4H3,(H,23,26)(H,24,27). The summed E-state index contributed by atoms with van der Waals surface area (Å²) in [7, 11) is 3.29. The number of anilines is 1. The molecule has 29 heavy (non-hydrogen) atoms. The Hall–Kier alpha value is -2.51. The van der Waals surface area contributed by atoms with Gasteiger partial charge in [-0.1, -0.05) is 23.7 Å². The molecule has 0 atom stereocenters. The Morgan fingerprint density at radius 1 is 1.07 bits per heavy atom. The van der Waals surface area contributed by atoms with Crippen LogP contribution < -0.4 is 10.6 Å². The monoisotopic (exact) mass is 433 g/mol. The van der Waals surface area contributed by atoms with E-state index in [1.165, 1.54) is 16.7 Å². The molecule has 0 aromatic heterocycles. The van der Waals surface area contributed by atoms with Gasteiger partial charge in [0.1, 0.15) is 0 Å². The zero-order valence-corrected chi connectivity index (χ0v) is 18.4. The first-order chi connectivity index (χ1) is 13.7. The van der Waals surface area contributed by atoms with Gasteiger partial charge < -0.3 is 15.5 Å². The largest absolute Gasteiger partial charge is 0.353 e. The normalized spacial score (nSPS) is 10.6. The molecule has 0 radical (unpaired) electrons. The number of carbonyl (C=O) groups excluding carboxylic acids is 3. The molecular weight excluding hydrogens is 410 g/mol. The van der Waals surface area contributed by atoms with Gasteiger partial charge in [0.25, 0.3) is 11.8 Å². The molecule has 0 fully saturated rings. The molecule has 0 heterocycles. The first-order valence-corrected chi connectivity index (χ1v) is 10.4. The van der Waals surface area contributed by atoms with Gasteiger partial charge in [-0.15, -0.1) is 11.8 Å². The Balaban J connectivity index is 2.12. The quantitative estimate of drug-likeness (QED) is 0.649. The number of halogens is 1. The summed E-state index contributed by atoms with van der Waals surface area (Å²) >= 11 is 7.51. The van der Waals surface area contributed by atoms with Gasteiger partial charge >= 0.3 is 0 Å². The van der Waals surface area contributed by atoms with Crippen molar-refractivity contribution in [1.82, 2.24) is 10.2 Å². The molecule has 0 aliphatic carbocycles. The third-order valence-corrected chi connectivity index (χ3v) is 5.19. The van der Waals surface area contributed by atoms with E-state index in [9.17, 15) is 14.4 Å². The lowest BCUT2D eigenvalue weighted by atomic mass is 10.1. The number of nitrogens with one attached hydrogen (secondary N) is 2. The minimum Gasteiger partial charge on any atom is -0.353 e. The van der Waals surface area contributed by atoms with Crippen molar-refractivity contribution in [3.8, 4) is 0 Å². The summed E-state index contributed by atoms with van der Waals surface area (Å²) in [5.74, 6) is -0.405. The van der Waals surface area contributed by atoms with Gasteiger partial charge in [0, 0.05) is 30.7 Å². The van der Waals surface area contributed by atoms with Crippen LogP contribution in [0, 0.1) is 0 Å². The van der Waals surface area contributed by atoms with E-state index in [1.54, 1.807) is 50.5 Å². The molecule has 0 bridgehead atoms. The molecule has 2 rings (SSSR count). The summed E-state index contributed by atoms with van der Waals surface area (Å²) in [6.45, 7) is 3.79. The fraction of sp³-hybridized carbons (Fsp3) is 0.286. The molecule has 0 spiro atoms. The van der Waals surface area contributed by atoms with Crippen molar-refractivity contribution in [2.45, 2.75) is 24.8 Å². The van der Waals surface area contributed by atoms with Crippen molar-refractivity contribution in [2.75, 3.05) is 25.2 Å². The average Bonchev–Trinajstić information content (AvgIpc) is 2.65. The molecule has 0 unspecified atom stereocenters. The van der Waals surface area contributed by atoms with Crippen LogP contribution in [0.1, 0.15) is 34.6 Å². The second-order valence-electron chi connectivity index (χ2n) is 6.86. The van der Waals surface area contributed by atoms with Gasteiger partial charge in [-0.3, -0.25) is 14.4 Å². The van der Waals surface area contributed by atoms with Crippen LogP contribution in [-0.4, -0.2) is 48.5 Å². The Labute approximate surface area is 180 Å². The number of thioether (sulfide) groups is 1. The molecular formula is C21H24ClN3O3S. The first kappa shape index (κ1) is 22.8. The van der Waals surface area contributed by atoms with Gasteiger partial charge in [0.2, 0.25) is 5.91 Å². The average molecular weight is 434 g/mol. The van der Waals surface area contributed by atoms with Gasteiger partial charge in [-0.25, -0.2) is 0 Å². The predicted molar refractivity (Wildman–Crippen MR) is 118 cm³/mol. The van der Waals surface area contributed by atoms with E-state index in [4.69, 9.17) is 11.6 Å². The second kappa shape index (κ2) is 10.3. The van der Waals surface area contributed by atoms with Gasteiger partial charge in [0.05, 0.1) is 21.9 Å². The maximum Gasteiger partial charge on any atom is 0.256 e. The van der Waals surface area contributed by atoms with Gasteiger partial charge in [-0.05, 0) is 44.2 Å². The molecule has 0 saturated carbocycles. The van der Waals surface area contributed by atoms with Crippen LogP contribution in [0.5, 0.6) is 0 Å². The molecule has 2 aromatic carbocycles. The van der Waals surface area contributed by atoms with Crippen LogP contribution >= 0.6 is 23.4 Å². The topological polar surface area (TPSA) is 78.5 Å². The highest BCUT2D eigenvalue weighted by Crippen LogP contribution is 2.25. The Morgan fingerprint density at radius 2 is 1.76 bits per heavy atom. The van der Waals surface area contributed by atoms with Crippen molar-refractivity contribution in [1.29, 1.82) is 0 Å². The highest BCUT2D eigenvalue weighted by Gasteiger charge is 2.16. The predicted octanol–water partition coefficient (Wildman–Crippen LogP) is 3.91. The Morgan fingerprint density at radius 3 is 2.38 bits per heavy atom. The molecule has 0 saturated heterocycles. The van der Waals surface area contributed by atoms with E-state index in [2.05, 4.69) is 10.6 Å². The zero-order valence-electron chi connectivity index (χ0n) is 16.8. The molecule has 0 aliphatic rings. The summed E-state index contributed by atoms with van der Waals surface area (Å²) < 4.78 is 0. The van der Waals surface area contributed by atoms with E-state index in [0.717, 1.165) is 0 Å². The van der Waals surface area contributed by atoms with Crippen LogP contribution in [-0.2, 0) is 4.79 Å². The zero-order chi connectivity index (χ0) is 21.6. The van der Waals surface area contributed by atoms with Gasteiger partial charge in [-0.2, -0.15) is 0 Å². The SMILES string of the molecule is CC(C)NC(=O)CSc1ccccc1C(=O)Nc1ccc(C(=O)N(C)C)c(Cl)c1. The summed E-state index contributed by atoms with van der Waals surface area (Å²) in [5, 5.41) is 5.88. The lowest BCUT2D eigenvalue weighted by Crippen LogP contribution is -2.31. The Kier molecular flexibility index (Phi) is 8.10. The second-order valence-corrected chi connectivity index (χ2v) is 8.28. The first-order valence-electron chi connectivity index (χ1n) is 9.02. The summed E-state index contributed by atoms with van der Waals surface area (Å²) in [6, 6.07) is 11.9. The number of carbonyl (C=O) groups is 3. The van der Waals surface area contributed by atoms with Crippen molar-refractivity contribution < 1.29 is 14.4 Å². The number of benzene rings is 2. The molecule has 3 amide bonds. The number of hydrogen-bond donors (Lipinski definition) is 2. The minimum absolute atomic E-state index is 0.0636. The summed E-state index contributed by atoms with van der Waals surface area (Å²) in [4.78, 5) is 38.9. The van der Waals surface area contributed by atoms with E-state index >= 15 is 0 Å². The van der Waals surface area contributed by atoms with E-state index in [0.29, 0.717) is 21.7 Å². The van der Waals surface area contributed by atoms with Crippen molar-refractivity contribution in [3.63, 3.8) is 0 Å². The van der Waals surface area contributed by atoms with Crippen LogP contribution in [0.25, 0.3) is 0 Å². The molecule has 2 N–H and O–H groups in total. The fourth-order valence-electron chi connectivity index (χ4n) is 2.49. The van der Waals surface area contributed by atoms with E-state index in [-0.39, 0.29) is 34.5 Å². The minimum atomic E-state index is -0.319. The highest BCUT2D eigenvalue weighted by atomic mass is 35.5. The molecule has 6 nitrogen and oxygen atoms in total. The smallest absolute Gasteiger partial charge is 0.256 e. The molecule has 2 aromatic rings. The van der Waals surface area contributed by atoms with E-state index < -0.39 is 0 Å². The number of rotatable bonds is 7. The number of amides is 3. The van der Waals surface area contributed by atoms with Crippen molar-refractivity contribution >= 4 is 46.8 Å². The van der Waals surface area contributed by atoms with Crippen molar-refractivity contribution in [2.24, 2.45) is 0 Å². The van der Waals surface area contributed by atoms with Crippen LogP contribution in [0.2, 0.25) is 5.02 Å². The molecule has 8 heteroatoms. The summed E-state index contributed by atoms with van der Waals surface area (Å²) in [6.07, 6.45) is 0. The van der Waals surface area contributed by atoms with Crippen molar-refractivity contribution in [3.05, 3.63) is 58.6 Å². The number of nitrogens with zero attached hydrogens (tertiary/aromatic N) is 1. The van der Waals surface area contributed by atoms with Crippen LogP contribution in [0.4, 0.5) is 5.69 Å². The highest BCUT2D eigenvalue weighted by molar-refractivity contribution is 8.00. The maximum atomic E-state index is 12.8. The molecule has 154 valence electrons. The van der Waals surface area contributed by atoms with Gasteiger partial charge in [0.15, 0.2) is 0 Å². The third kappa shape index (κ3) is 6.51. The molecule has 0 aliphatic heterocycles.